The van der Waals surface area contributed by atoms with Crippen LogP contribution < -0.4 is 19.5 Å². The summed E-state index contributed by atoms with van der Waals surface area (Å²) in [7, 11) is 3.13. The zero-order valence-electron chi connectivity index (χ0n) is 15.7. The van der Waals surface area contributed by atoms with Crippen molar-refractivity contribution < 1.29 is 19.0 Å². The molecule has 0 aromatic heterocycles. The lowest BCUT2D eigenvalue weighted by Gasteiger charge is -2.19. The zero-order valence-corrected chi connectivity index (χ0v) is 15.7. The van der Waals surface area contributed by atoms with Crippen molar-refractivity contribution in [3.8, 4) is 17.2 Å². The van der Waals surface area contributed by atoms with E-state index in [0.29, 0.717) is 29.4 Å². The van der Waals surface area contributed by atoms with Gasteiger partial charge in [0.05, 0.1) is 14.2 Å². The van der Waals surface area contributed by atoms with Crippen molar-refractivity contribution in [2.24, 2.45) is 0 Å². The number of carbonyl (C=O) groups is 1. The van der Waals surface area contributed by atoms with Gasteiger partial charge in [0.2, 0.25) is 0 Å². The Morgan fingerprint density at radius 3 is 2.41 bits per heavy atom. The van der Waals surface area contributed by atoms with E-state index in [9.17, 15) is 4.79 Å². The van der Waals surface area contributed by atoms with Gasteiger partial charge in [0.1, 0.15) is 5.75 Å². The first kappa shape index (κ1) is 18.6. The molecular formula is C22H23NO4. The Morgan fingerprint density at radius 1 is 0.926 bits per heavy atom. The lowest BCUT2D eigenvalue weighted by atomic mass is 10.1. The van der Waals surface area contributed by atoms with Crippen molar-refractivity contribution in [3.63, 3.8) is 0 Å². The van der Waals surface area contributed by atoms with Crippen LogP contribution in [0.1, 0.15) is 13.3 Å². The fourth-order valence-electron chi connectivity index (χ4n) is 2.91. The van der Waals surface area contributed by atoms with Gasteiger partial charge in [0, 0.05) is 17.1 Å². The number of hydrogen-bond donors (Lipinski definition) is 1. The normalized spacial score (nSPS) is 11.7. The molecule has 27 heavy (non-hydrogen) atoms. The molecule has 0 radical (unpaired) electrons. The summed E-state index contributed by atoms with van der Waals surface area (Å²) in [6.45, 7) is 1.92. The highest BCUT2D eigenvalue weighted by Crippen LogP contribution is 2.30. The van der Waals surface area contributed by atoms with Gasteiger partial charge in [-0.15, -0.1) is 0 Å². The quantitative estimate of drug-likeness (QED) is 0.662. The van der Waals surface area contributed by atoms with E-state index in [1.165, 1.54) is 0 Å². The molecular weight excluding hydrogens is 342 g/mol. The van der Waals surface area contributed by atoms with E-state index in [1.807, 2.05) is 49.4 Å². The van der Waals surface area contributed by atoms with Crippen molar-refractivity contribution in [2.45, 2.75) is 19.4 Å². The average molecular weight is 365 g/mol. The fraction of sp³-hybridized carbons (Fsp3) is 0.227. The maximum atomic E-state index is 12.7. The number of carbonyl (C=O) groups excluding carboxylic acids is 1. The molecule has 5 nitrogen and oxygen atoms in total. The largest absolute Gasteiger partial charge is 0.493 e. The van der Waals surface area contributed by atoms with Gasteiger partial charge in [-0.2, -0.15) is 0 Å². The number of ether oxygens (including phenoxy) is 3. The van der Waals surface area contributed by atoms with Crippen molar-refractivity contribution in [2.75, 3.05) is 19.5 Å². The third kappa shape index (κ3) is 4.14. The highest BCUT2D eigenvalue weighted by molar-refractivity contribution is 5.95. The number of hydrogen-bond acceptors (Lipinski definition) is 4. The van der Waals surface area contributed by atoms with Gasteiger partial charge in [0.15, 0.2) is 17.6 Å². The van der Waals surface area contributed by atoms with E-state index in [4.69, 9.17) is 14.2 Å². The second kappa shape index (κ2) is 8.45. The highest BCUT2D eigenvalue weighted by Gasteiger charge is 2.20. The number of benzene rings is 3. The number of methoxy groups -OCH3 is 2. The molecule has 1 amide bonds. The van der Waals surface area contributed by atoms with Crippen LogP contribution in [-0.2, 0) is 4.79 Å². The summed E-state index contributed by atoms with van der Waals surface area (Å²) in [5.74, 6) is 1.65. The fourth-order valence-corrected chi connectivity index (χ4v) is 2.91. The second-order valence-corrected chi connectivity index (χ2v) is 6.05. The molecule has 0 fully saturated rings. The summed E-state index contributed by atoms with van der Waals surface area (Å²) in [5, 5.41) is 4.95. The predicted octanol–water partition coefficient (Wildman–Crippen LogP) is 4.65. The highest BCUT2D eigenvalue weighted by atomic mass is 16.5. The first-order valence-electron chi connectivity index (χ1n) is 8.83. The van der Waals surface area contributed by atoms with Gasteiger partial charge in [-0.05, 0) is 30.0 Å². The van der Waals surface area contributed by atoms with Gasteiger partial charge in [-0.1, -0.05) is 43.3 Å². The SMILES string of the molecule is CC[C@H](Oc1cccc2ccccc12)C(=O)Nc1ccc(OC)c(OC)c1. The predicted molar refractivity (Wildman–Crippen MR) is 107 cm³/mol. The molecule has 1 atom stereocenters. The maximum absolute atomic E-state index is 12.7. The molecule has 0 aliphatic rings. The van der Waals surface area contributed by atoms with E-state index < -0.39 is 6.10 Å². The molecule has 0 spiro atoms. The smallest absolute Gasteiger partial charge is 0.265 e. The third-order valence-electron chi connectivity index (χ3n) is 4.33. The van der Waals surface area contributed by atoms with Gasteiger partial charge in [-0.3, -0.25) is 4.79 Å². The topological polar surface area (TPSA) is 56.8 Å². The van der Waals surface area contributed by atoms with Crippen LogP contribution in [-0.4, -0.2) is 26.2 Å². The molecule has 0 saturated carbocycles. The number of nitrogens with one attached hydrogen (secondary N) is 1. The molecule has 0 aliphatic carbocycles. The number of fused-ring (bicyclic) bond motifs is 1. The summed E-state index contributed by atoms with van der Waals surface area (Å²) >= 11 is 0. The number of rotatable bonds is 7. The molecule has 3 aromatic carbocycles. The zero-order chi connectivity index (χ0) is 19.2. The Balaban J connectivity index is 1.78. The average Bonchev–Trinajstić information content (AvgIpc) is 2.71. The van der Waals surface area contributed by atoms with Gasteiger partial charge >= 0.3 is 0 Å². The van der Waals surface area contributed by atoms with Gasteiger partial charge in [-0.25, -0.2) is 0 Å². The molecule has 5 heteroatoms. The number of anilines is 1. The first-order valence-corrected chi connectivity index (χ1v) is 8.83. The summed E-state index contributed by atoms with van der Waals surface area (Å²) in [6.07, 6.45) is -0.0635. The monoisotopic (exact) mass is 365 g/mol. The Hall–Kier alpha value is -3.21. The molecule has 0 heterocycles. The Labute approximate surface area is 158 Å². The minimum Gasteiger partial charge on any atom is -0.493 e. The van der Waals surface area contributed by atoms with Gasteiger partial charge < -0.3 is 19.5 Å². The first-order chi connectivity index (χ1) is 13.2. The van der Waals surface area contributed by atoms with E-state index in [0.717, 1.165) is 10.8 Å². The molecule has 3 aromatic rings. The lowest BCUT2D eigenvalue weighted by Crippen LogP contribution is -2.32. The van der Waals surface area contributed by atoms with Crippen LogP contribution in [0.5, 0.6) is 17.2 Å². The third-order valence-corrected chi connectivity index (χ3v) is 4.33. The lowest BCUT2D eigenvalue weighted by molar-refractivity contribution is -0.122. The summed E-state index contributed by atoms with van der Waals surface area (Å²) < 4.78 is 16.5. The Morgan fingerprint density at radius 2 is 1.67 bits per heavy atom. The maximum Gasteiger partial charge on any atom is 0.265 e. The van der Waals surface area contributed by atoms with E-state index in [1.54, 1.807) is 32.4 Å². The van der Waals surface area contributed by atoms with Crippen LogP contribution >= 0.6 is 0 Å². The van der Waals surface area contributed by atoms with Crippen LogP contribution in [0.3, 0.4) is 0 Å². The summed E-state index contributed by atoms with van der Waals surface area (Å²) in [4.78, 5) is 12.7. The molecule has 0 aliphatic heterocycles. The minimum absolute atomic E-state index is 0.211. The van der Waals surface area contributed by atoms with E-state index >= 15 is 0 Å². The van der Waals surface area contributed by atoms with E-state index in [2.05, 4.69) is 5.32 Å². The van der Waals surface area contributed by atoms with Crippen LogP contribution in [0.2, 0.25) is 0 Å². The molecule has 0 bridgehead atoms. The molecule has 0 saturated heterocycles. The van der Waals surface area contributed by atoms with E-state index in [-0.39, 0.29) is 5.91 Å². The summed E-state index contributed by atoms with van der Waals surface area (Å²) in [6, 6.07) is 19.0. The van der Waals surface area contributed by atoms with Gasteiger partial charge in [0.25, 0.3) is 5.91 Å². The van der Waals surface area contributed by atoms with Crippen molar-refractivity contribution in [1.82, 2.24) is 0 Å². The second-order valence-electron chi connectivity index (χ2n) is 6.05. The molecule has 140 valence electrons. The standard InChI is InChI=1S/C22H23NO4/c1-4-18(27-19-11-7-9-15-8-5-6-10-17(15)19)22(24)23-16-12-13-20(25-2)21(14-16)26-3/h5-14,18H,4H2,1-3H3,(H,23,24)/t18-/m0/s1. The van der Waals surface area contributed by atoms with Crippen LogP contribution in [0.15, 0.2) is 60.7 Å². The van der Waals surface area contributed by atoms with Crippen molar-refractivity contribution in [3.05, 3.63) is 60.7 Å². The van der Waals surface area contributed by atoms with Crippen LogP contribution in [0.25, 0.3) is 10.8 Å². The Kier molecular flexibility index (Phi) is 5.81. The molecule has 0 unspecified atom stereocenters. The van der Waals surface area contributed by atoms with Crippen LogP contribution in [0.4, 0.5) is 5.69 Å². The molecule has 3 rings (SSSR count). The number of amides is 1. The molecule has 1 N–H and O–H groups in total. The van der Waals surface area contributed by atoms with Crippen LogP contribution in [0, 0.1) is 0 Å². The minimum atomic E-state index is -0.607. The summed E-state index contributed by atoms with van der Waals surface area (Å²) in [5.41, 5.74) is 0.623. The van der Waals surface area contributed by atoms with Crippen molar-refractivity contribution >= 4 is 22.4 Å². The van der Waals surface area contributed by atoms with Crippen molar-refractivity contribution in [1.29, 1.82) is 0 Å². The Bertz CT molecular complexity index is 933.